The number of hydrogen-bond donors (Lipinski definition) is 2. The van der Waals surface area contributed by atoms with Gasteiger partial charge in [-0.15, -0.1) is 0 Å². The van der Waals surface area contributed by atoms with Crippen LogP contribution in [-0.4, -0.2) is 5.11 Å². The number of hydrogen-bond acceptors (Lipinski definition) is 5. The zero-order valence-electron chi connectivity index (χ0n) is 14.3. The highest BCUT2D eigenvalue weighted by Crippen LogP contribution is 2.43. The quantitative estimate of drug-likeness (QED) is 0.726. The minimum atomic E-state index is -0.404. The molecule has 0 amide bonds. The van der Waals surface area contributed by atoms with Crippen molar-refractivity contribution in [1.82, 2.24) is 0 Å². The van der Waals surface area contributed by atoms with Crippen molar-refractivity contribution in [3.8, 4) is 29.1 Å². The molecule has 0 bridgehead atoms. The molecule has 0 aliphatic carbocycles. The Balaban J connectivity index is 1.78. The van der Waals surface area contributed by atoms with Crippen LogP contribution in [0.4, 0.5) is 0 Å². The van der Waals surface area contributed by atoms with E-state index >= 15 is 0 Å². The lowest BCUT2D eigenvalue weighted by molar-refractivity contribution is 0.388. The van der Waals surface area contributed by atoms with Crippen LogP contribution in [0.5, 0.6) is 23.0 Å². The Kier molecular flexibility index (Phi) is 4.15. The molecule has 3 aromatic rings. The molecule has 0 saturated heterocycles. The van der Waals surface area contributed by atoms with E-state index in [0.29, 0.717) is 17.1 Å². The van der Waals surface area contributed by atoms with Crippen molar-refractivity contribution in [3.63, 3.8) is 0 Å². The van der Waals surface area contributed by atoms with Gasteiger partial charge in [0.25, 0.3) is 0 Å². The molecule has 0 radical (unpaired) electrons. The van der Waals surface area contributed by atoms with Gasteiger partial charge in [0, 0.05) is 11.6 Å². The molecule has 0 saturated carbocycles. The fourth-order valence-corrected chi connectivity index (χ4v) is 3.17. The third-order valence-electron chi connectivity index (χ3n) is 4.37. The molecule has 1 heterocycles. The molecule has 5 heteroatoms. The Bertz CT molecular complexity index is 1070. The maximum absolute atomic E-state index is 9.74. The molecule has 3 aromatic carbocycles. The SMILES string of the molecule is N#CC1=C(N)Oc2cc(O)ccc2[C@@H]1c1cccc(Oc2ccccc2)c1. The fourth-order valence-electron chi connectivity index (χ4n) is 3.17. The van der Waals surface area contributed by atoms with E-state index < -0.39 is 5.92 Å². The van der Waals surface area contributed by atoms with Gasteiger partial charge in [0.15, 0.2) is 0 Å². The molecule has 1 atom stereocenters. The van der Waals surface area contributed by atoms with Crippen LogP contribution in [0.1, 0.15) is 17.0 Å². The van der Waals surface area contributed by atoms with Gasteiger partial charge in [-0.25, -0.2) is 0 Å². The van der Waals surface area contributed by atoms with Crippen LogP contribution < -0.4 is 15.2 Å². The molecular formula is C22H16N2O3. The smallest absolute Gasteiger partial charge is 0.205 e. The number of phenols is 1. The number of phenolic OH excluding ortho intramolecular Hbond substituents is 1. The molecule has 1 aliphatic rings. The third-order valence-corrected chi connectivity index (χ3v) is 4.37. The molecule has 0 unspecified atom stereocenters. The molecule has 3 N–H and O–H groups in total. The first-order valence-corrected chi connectivity index (χ1v) is 8.39. The average molecular weight is 356 g/mol. The van der Waals surface area contributed by atoms with Gasteiger partial charge >= 0.3 is 0 Å². The largest absolute Gasteiger partial charge is 0.508 e. The summed E-state index contributed by atoms with van der Waals surface area (Å²) in [7, 11) is 0. The van der Waals surface area contributed by atoms with E-state index in [1.807, 2.05) is 54.6 Å². The summed E-state index contributed by atoms with van der Waals surface area (Å²) < 4.78 is 11.4. The highest BCUT2D eigenvalue weighted by atomic mass is 16.5. The van der Waals surface area contributed by atoms with Crippen molar-refractivity contribution in [2.24, 2.45) is 5.73 Å². The lowest BCUT2D eigenvalue weighted by atomic mass is 9.83. The highest BCUT2D eigenvalue weighted by Gasteiger charge is 2.31. The first-order chi connectivity index (χ1) is 13.2. The minimum absolute atomic E-state index is 0.0370. The van der Waals surface area contributed by atoms with Crippen LogP contribution in [0.2, 0.25) is 0 Å². The summed E-state index contributed by atoms with van der Waals surface area (Å²) >= 11 is 0. The van der Waals surface area contributed by atoms with Crippen molar-refractivity contribution in [2.45, 2.75) is 5.92 Å². The summed E-state index contributed by atoms with van der Waals surface area (Å²) in [6, 6.07) is 23.9. The zero-order chi connectivity index (χ0) is 18.8. The second kappa shape index (κ2) is 6.77. The van der Waals surface area contributed by atoms with Crippen molar-refractivity contribution in [1.29, 1.82) is 5.26 Å². The van der Waals surface area contributed by atoms with Crippen molar-refractivity contribution < 1.29 is 14.6 Å². The molecule has 0 fully saturated rings. The number of rotatable bonds is 3. The second-order valence-corrected chi connectivity index (χ2v) is 6.13. The van der Waals surface area contributed by atoms with Gasteiger partial charge in [0.05, 0.1) is 5.92 Å². The van der Waals surface area contributed by atoms with Crippen LogP contribution in [0.3, 0.4) is 0 Å². The zero-order valence-corrected chi connectivity index (χ0v) is 14.3. The van der Waals surface area contributed by atoms with Crippen molar-refractivity contribution >= 4 is 0 Å². The number of allylic oxidation sites excluding steroid dienone is 1. The molecule has 132 valence electrons. The Morgan fingerprint density at radius 1 is 0.963 bits per heavy atom. The summed E-state index contributed by atoms with van der Waals surface area (Å²) in [5, 5.41) is 19.4. The molecular weight excluding hydrogens is 340 g/mol. The van der Waals surface area contributed by atoms with Gasteiger partial charge < -0.3 is 20.3 Å². The monoisotopic (exact) mass is 356 g/mol. The van der Waals surface area contributed by atoms with Gasteiger partial charge in [-0.05, 0) is 35.9 Å². The van der Waals surface area contributed by atoms with Crippen LogP contribution in [0.25, 0.3) is 0 Å². The number of nitriles is 1. The van der Waals surface area contributed by atoms with E-state index in [1.165, 1.54) is 6.07 Å². The van der Waals surface area contributed by atoms with Gasteiger partial charge in [0.1, 0.15) is 34.6 Å². The molecule has 5 nitrogen and oxygen atoms in total. The first-order valence-electron chi connectivity index (χ1n) is 8.39. The summed E-state index contributed by atoms with van der Waals surface area (Å²) in [6.45, 7) is 0. The van der Waals surface area contributed by atoms with E-state index in [0.717, 1.165) is 16.9 Å². The van der Waals surface area contributed by atoms with Gasteiger partial charge in [0.2, 0.25) is 5.88 Å². The van der Waals surface area contributed by atoms with Gasteiger partial charge in [-0.1, -0.05) is 36.4 Å². The molecule has 27 heavy (non-hydrogen) atoms. The maximum Gasteiger partial charge on any atom is 0.205 e. The normalized spacial score (nSPS) is 15.4. The topological polar surface area (TPSA) is 88.5 Å². The Morgan fingerprint density at radius 2 is 1.74 bits per heavy atom. The predicted octanol–water partition coefficient (Wildman–Crippen LogP) is 4.40. The lowest BCUT2D eigenvalue weighted by Gasteiger charge is -2.26. The third kappa shape index (κ3) is 3.16. The summed E-state index contributed by atoms with van der Waals surface area (Å²) in [5.41, 5.74) is 7.90. The summed E-state index contributed by atoms with van der Waals surface area (Å²) in [6.07, 6.45) is 0. The van der Waals surface area contributed by atoms with Gasteiger partial charge in [-0.3, -0.25) is 0 Å². The predicted molar refractivity (Wildman–Crippen MR) is 100 cm³/mol. The van der Waals surface area contributed by atoms with Crippen molar-refractivity contribution in [3.05, 3.63) is 95.4 Å². The van der Waals surface area contributed by atoms with E-state index in [4.69, 9.17) is 15.2 Å². The maximum atomic E-state index is 9.74. The fraction of sp³-hybridized carbons (Fsp3) is 0.0455. The summed E-state index contributed by atoms with van der Waals surface area (Å²) in [5.74, 6) is 1.52. The number of ether oxygens (including phenoxy) is 2. The molecule has 0 spiro atoms. The van der Waals surface area contributed by atoms with Crippen LogP contribution in [-0.2, 0) is 0 Å². The average Bonchev–Trinajstić information content (AvgIpc) is 2.68. The van der Waals surface area contributed by atoms with Crippen LogP contribution in [0, 0.1) is 11.3 Å². The number of fused-ring (bicyclic) bond motifs is 1. The standard InChI is InChI=1S/C22H16N2O3/c23-13-19-21(18-10-9-15(25)12-20(18)27-22(19)24)14-5-4-8-17(11-14)26-16-6-2-1-3-7-16/h1-12,21,25H,24H2/t21-/m0/s1. The van der Waals surface area contributed by atoms with Crippen molar-refractivity contribution in [2.75, 3.05) is 0 Å². The molecule has 1 aliphatic heterocycles. The van der Waals surface area contributed by atoms with Crippen LogP contribution >= 0.6 is 0 Å². The lowest BCUT2D eigenvalue weighted by Crippen LogP contribution is -2.20. The Morgan fingerprint density at radius 3 is 2.52 bits per heavy atom. The Labute approximate surface area is 156 Å². The molecule has 4 rings (SSSR count). The van der Waals surface area contributed by atoms with Gasteiger partial charge in [-0.2, -0.15) is 5.26 Å². The Hall–Kier alpha value is -3.91. The number of aromatic hydroxyl groups is 1. The van der Waals surface area contributed by atoms with E-state index in [2.05, 4.69) is 6.07 Å². The number of nitrogens with zero attached hydrogens (tertiary/aromatic N) is 1. The number of para-hydroxylation sites is 1. The number of benzene rings is 3. The number of nitrogens with two attached hydrogens (primary N) is 1. The first kappa shape index (κ1) is 16.6. The highest BCUT2D eigenvalue weighted by molar-refractivity contribution is 5.57. The minimum Gasteiger partial charge on any atom is -0.508 e. The second-order valence-electron chi connectivity index (χ2n) is 6.13. The van der Waals surface area contributed by atoms with E-state index in [9.17, 15) is 10.4 Å². The van der Waals surface area contributed by atoms with Crippen LogP contribution in [0.15, 0.2) is 84.3 Å². The van der Waals surface area contributed by atoms with E-state index in [1.54, 1.807) is 12.1 Å². The van der Waals surface area contributed by atoms with E-state index in [-0.39, 0.29) is 11.6 Å². The molecule has 0 aromatic heterocycles. The summed E-state index contributed by atoms with van der Waals surface area (Å²) in [4.78, 5) is 0.